The van der Waals surface area contributed by atoms with Gasteiger partial charge in [0.25, 0.3) is 5.91 Å². The highest BCUT2D eigenvalue weighted by molar-refractivity contribution is 6.10. The number of carbonyl (C=O) groups excluding carboxylic acids is 3. The van der Waals surface area contributed by atoms with Gasteiger partial charge in [-0.3, -0.25) is 19.7 Å². The van der Waals surface area contributed by atoms with Gasteiger partial charge in [-0.1, -0.05) is 6.07 Å². The average Bonchev–Trinajstić information content (AvgIpc) is 3.53. The van der Waals surface area contributed by atoms with Crippen LogP contribution in [0.5, 0.6) is 5.75 Å². The number of imide groups is 1. The number of amides is 3. The lowest BCUT2D eigenvalue weighted by atomic mass is 9.82. The molecule has 0 aliphatic carbocycles. The van der Waals surface area contributed by atoms with Gasteiger partial charge in [0.2, 0.25) is 11.8 Å². The van der Waals surface area contributed by atoms with Gasteiger partial charge in [0.15, 0.2) is 23.0 Å². The molecule has 1 atom stereocenters. The number of halogens is 2. The van der Waals surface area contributed by atoms with Crippen molar-refractivity contribution in [3.63, 3.8) is 0 Å². The molecule has 2 aliphatic rings. The summed E-state index contributed by atoms with van der Waals surface area (Å²) in [6.45, 7) is -0.267. The SMILES string of the molecule is COc1ccc2c(c1F)C(=O)N(C[C@@]1(c3cc4nc(-c5ccc(N)nc5)c(F)cc4o3)CC(=O)NC1=O)C2. The second kappa shape index (κ2) is 8.33. The van der Waals surface area contributed by atoms with Gasteiger partial charge in [0.05, 0.1) is 19.1 Å². The van der Waals surface area contributed by atoms with Crippen molar-refractivity contribution in [3.8, 4) is 17.0 Å². The minimum Gasteiger partial charge on any atom is -0.494 e. The van der Waals surface area contributed by atoms with E-state index in [1.165, 1.54) is 36.4 Å². The average molecular weight is 519 g/mol. The number of aromatic nitrogens is 2. The Labute approximate surface area is 213 Å². The Hall–Kier alpha value is -4.87. The van der Waals surface area contributed by atoms with E-state index in [1.807, 2.05) is 0 Å². The molecule has 4 aromatic rings. The van der Waals surface area contributed by atoms with Crippen molar-refractivity contribution in [1.29, 1.82) is 0 Å². The summed E-state index contributed by atoms with van der Waals surface area (Å²) < 4.78 is 40.7. The van der Waals surface area contributed by atoms with E-state index in [9.17, 15) is 23.2 Å². The van der Waals surface area contributed by atoms with Crippen LogP contribution in [-0.2, 0) is 21.5 Å². The van der Waals surface area contributed by atoms with Crippen molar-refractivity contribution in [2.24, 2.45) is 0 Å². The number of carbonyl (C=O) groups is 3. The highest BCUT2D eigenvalue weighted by Crippen LogP contribution is 2.40. The molecule has 2 aliphatic heterocycles. The van der Waals surface area contributed by atoms with Crippen LogP contribution >= 0.6 is 0 Å². The van der Waals surface area contributed by atoms with Crippen LogP contribution in [-0.4, -0.2) is 46.2 Å². The van der Waals surface area contributed by atoms with Gasteiger partial charge in [0.1, 0.15) is 28.2 Å². The minimum absolute atomic E-state index is 0.00653. The molecule has 12 heteroatoms. The molecule has 3 aromatic heterocycles. The molecule has 6 rings (SSSR count). The van der Waals surface area contributed by atoms with E-state index in [0.29, 0.717) is 11.1 Å². The lowest BCUT2D eigenvalue weighted by Crippen LogP contribution is -2.46. The predicted molar refractivity (Wildman–Crippen MR) is 129 cm³/mol. The first-order valence-electron chi connectivity index (χ1n) is 11.5. The molecule has 1 saturated heterocycles. The molecule has 5 heterocycles. The molecule has 1 fully saturated rings. The van der Waals surface area contributed by atoms with Gasteiger partial charge in [-0.25, -0.2) is 18.7 Å². The maximum Gasteiger partial charge on any atom is 0.257 e. The number of pyridine rings is 2. The fourth-order valence-corrected chi connectivity index (χ4v) is 4.98. The molecule has 3 N–H and O–H groups in total. The van der Waals surface area contributed by atoms with Crippen LogP contribution in [0.25, 0.3) is 22.4 Å². The van der Waals surface area contributed by atoms with Crippen LogP contribution in [0.15, 0.2) is 47.0 Å². The Morgan fingerprint density at radius 3 is 2.68 bits per heavy atom. The van der Waals surface area contributed by atoms with Gasteiger partial charge in [-0.2, -0.15) is 0 Å². The zero-order valence-electron chi connectivity index (χ0n) is 19.9. The van der Waals surface area contributed by atoms with Gasteiger partial charge in [-0.15, -0.1) is 0 Å². The summed E-state index contributed by atoms with van der Waals surface area (Å²) in [4.78, 5) is 48.3. The highest BCUT2D eigenvalue weighted by Gasteiger charge is 2.53. The number of nitrogens with one attached hydrogen (secondary N) is 1. The van der Waals surface area contributed by atoms with Crippen LogP contribution in [0.3, 0.4) is 0 Å². The number of anilines is 1. The van der Waals surface area contributed by atoms with E-state index in [1.54, 1.807) is 12.1 Å². The van der Waals surface area contributed by atoms with Crippen molar-refractivity contribution in [1.82, 2.24) is 20.2 Å². The number of nitrogen functional groups attached to an aromatic ring is 1. The van der Waals surface area contributed by atoms with E-state index >= 15 is 0 Å². The van der Waals surface area contributed by atoms with Crippen LogP contribution in [0.1, 0.15) is 28.1 Å². The summed E-state index contributed by atoms with van der Waals surface area (Å²) in [5, 5.41) is 2.26. The number of methoxy groups -OCH3 is 1. The summed E-state index contributed by atoms with van der Waals surface area (Å²) in [7, 11) is 1.29. The molecule has 192 valence electrons. The van der Waals surface area contributed by atoms with Crippen LogP contribution in [0, 0.1) is 11.6 Å². The fourth-order valence-electron chi connectivity index (χ4n) is 4.98. The fraction of sp³-hybridized carbons (Fsp3) is 0.192. The van der Waals surface area contributed by atoms with Crippen LogP contribution in [0.2, 0.25) is 0 Å². The molecule has 0 bridgehead atoms. The quantitative estimate of drug-likeness (QED) is 0.384. The van der Waals surface area contributed by atoms with E-state index in [0.717, 1.165) is 6.07 Å². The molecule has 3 amide bonds. The van der Waals surface area contributed by atoms with E-state index < -0.39 is 34.8 Å². The van der Waals surface area contributed by atoms with E-state index in [2.05, 4.69) is 15.3 Å². The largest absolute Gasteiger partial charge is 0.494 e. The molecule has 0 spiro atoms. The second-order valence-corrected chi connectivity index (χ2v) is 9.20. The van der Waals surface area contributed by atoms with Crippen molar-refractivity contribution in [2.45, 2.75) is 18.4 Å². The number of hydrogen-bond donors (Lipinski definition) is 2. The predicted octanol–water partition coefficient (Wildman–Crippen LogP) is 2.70. The third kappa shape index (κ3) is 3.48. The maximum absolute atomic E-state index is 14.9. The van der Waals surface area contributed by atoms with E-state index in [4.69, 9.17) is 14.9 Å². The van der Waals surface area contributed by atoms with Gasteiger partial charge < -0.3 is 19.8 Å². The zero-order chi connectivity index (χ0) is 26.8. The van der Waals surface area contributed by atoms with Crippen LogP contribution < -0.4 is 15.8 Å². The third-order valence-corrected chi connectivity index (χ3v) is 6.87. The topological polar surface area (TPSA) is 141 Å². The summed E-state index contributed by atoms with van der Waals surface area (Å²) in [5.74, 6) is -3.20. The highest BCUT2D eigenvalue weighted by atomic mass is 19.1. The second-order valence-electron chi connectivity index (χ2n) is 9.20. The molecule has 1 aromatic carbocycles. The summed E-state index contributed by atoms with van der Waals surface area (Å²) >= 11 is 0. The number of hydrogen-bond acceptors (Lipinski definition) is 8. The van der Waals surface area contributed by atoms with Gasteiger partial charge in [-0.05, 0) is 23.8 Å². The molecular formula is C26H19F2N5O5. The number of ether oxygens (including phenoxy) is 1. The van der Waals surface area contributed by atoms with Gasteiger partial charge >= 0.3 is 0 Å². The van der Waals surface area contributed by atoms with E-state index in [-0.39, 0.29) is 59.2 Å². The number of nitrogens with two attached hydrogens (primary N) is 1. The Morgan fingerprint density at radius 2 is 2.00 bits per heavy atom. The summed E-state index contributed by atoms with van der Waals surface area (Å²) in [6.07, 6.45) is 1.05. The maximum atomic E-state index is 14.9. The first-order chi connectivity index (χ1) is 18.2. The smallest absolute Gasteiger partial charge is 0.257 e. The Bertz CT molecular complexity index is 1670. The number of nitrogens with zero attached hydrogens (tertiary/aromatic N) is 3. The lowest BCUT2D eigenvalue weighted by molar-refractivity contribution is -0.127. The molecule has 0 radical (unpaired) electrons. The molecule has 10 nitrogen and oxygen atoms in total. The molecule has 0 saturated carbocycles. The number of fused-ring (bicyclic) bond motifs is 2. The molecule has 0 unspecified atom stereocenters. The van der Waals surface area contributed by atoms with Crippen LogP contribution in [0.4, 0.5) is 14.6 Å². The first-order valence-corrected chi connectivity index (χ1v) is 11.5. The normalized spacial score (nSPS) is 18.8. The Balaban J connectivity index is 1.41. The monoisotopic (exact) mass is 519 g/mol. The zero-order valence-corrected chi connectivity index (χ0v) is 19.9. The lowest BCUT2D eigenvalue weighted by Gasteiger charge is -2.28. The third-order valence-electron chi connectivity index (χ3n) is 6.87. The van der Waals surface area contributed by atoms with Gasteiger partial charge in [0, 0.05) is 37.0 Å². The first kappa shape index (κ1) is 23.5. The molecular weight excluding hydrogens is 500 g/mol. The number of furan rings is 1. The van der Waals surface area contributed by atoms with Crippen molar-refractivity contribution < 1.29 is 32.3 Å². The number of benzene rings is 1. The minimum atomic E-state index is -1.63. The van der Waals surface area contributed by atoms with Crippen molar-refractivity contribution in [2.75, 3.05) is 19.4 Å². The summed E-state index contributed by atoms with van der Waals surface area (Å²) in [5.41, 5.74) is 4.89. The van der Waals surface area contributed by atoms with Crippen molar-refractivity contribution >= 4 is 34.6 Å². The Kier molecular flexibility index (Phi) is 5.16. The Morgan fingerprint density at radius 1 is 1.18 bits per heavy atom. The summed E-state index contributed by atoms with van der Waals surface area (Å²) in [6, 6.07) is 8.63. The standard InChI is InChI=1S/C26H19F2N5O5/c1-37-16-4-2-13-10-33(24(35)21(13)22(16)28)11-26(8-20(34)32-25(26)36)18-7-15-17(38-18)6-14(27)23(31-15)12-3-5-19(29)30-9-12/h2-7,9H,8,10-11H2,1H3,(H2,29,30)(H,32,34,36)/t26-/m1/s1. The van der Waals surface area contributed by atoms with Crippen molar-refractivity contribution in [3.05, 3.63) is 71.1 Å². The molecule has 38 heavy (non-hydrogen) atoms. The number of rotatable bonds is 5.